The molecule has 0 aliphatic heterocycles. The first-order valence-electron chi connectivity index (χ1n) is 7.85. The number of amides is 1. The van der Waals surface area contributed by atoms with Crippen molar-refractivity contribution < 1.29 is 9.53 Å². The van der Waals surface area contributed by atoms with E-state index in [0.717, 1.165) is 16.6 Å². The molecule has 0 bridgehead atoms. The van der Waals surface area contributed by atoms with Crippen LogP contribution < -0.4 is 10.1 Å². The largest absolute Gasteiger partial charge is 0.494 e. The van der Waals surface area contributed by atoms with Crippen LogP contribution in [0.1, 0.15) is 43.0 Å². The normalized spacial score (nSPS) is 10.3. The molecule has 0 saturated heterocycles. The molecule has 1 aromatic heterocycles. The predicted octanol–water partition coefficient (Wildman–Crippen LogP) is 5.06. The molecule has 0 atom stereocenters. The van der Waals surface area contributed by atoms with Crippen LogP contribution in [0.3, 0.4) is 0 Å². The van der Waals surface area contributed by atoms with Gasteiger partial charge >= 0.3 is 0 Å². The standard InChI is InChI=1S/C18H21BrN2O2/c1-2-3-4-5-12-23-16-9-6-14(7-10-16)18(22)21-17-11-8-15(19)13-20-17/h6-11,13H,2-5,12H2,1H3,(H,20,21,22). The van der Waals surface area contributed by atoms with Gasteiger partial charge in [0, 0.05) is 16.2 Å². The summed E-state index contributed by atoms with van der Waals surface area (Å²) in [6.45, 7) is 2.91. The van der Waals surface area contributed by atoms with Gasteiger partial charge in [0.05, 0.1) is 6.61 Å². The fourth-order valence-corrected chi connectivity index (χ4v) is 2.29. The lowest BCUT2D eigenvalue weighted by molar-refractivity contribution is 0.102. The van der Waals surface area contributed by atoms with E-state index in [2.05, 4.69) is 33.2 Å². The summed E-state index contributed by atoms with van der Waals surface area (Å²) in [5.41, 5.74) is 0.577. The molecule has 122 valence electrons. The first kappa shape index (κ1) is 17.5. The van der Waals surface area contributed by atoms with Crippen LogP contribution >= 0.6 is 15.9 Å². The van der Waals surface area contributed by atoms with Gasteiger partial charge in [-0.05, 0) is 58.7 Å². The molecule has 2 rings (SSSR count). The quantitative estimate of drug-likeness (QED) is 0.655. The summed E-state index contributed by atoms with van der Waals surface area (Å²) >= 11 is 3.31. The number of anilines is 1. The van der Waals surface area contributed by atoms with Crippen LogP contribution in [-0.2, 0) is 0 Å². The van der Waals surface area contributed by atoms with Crippen molar-refractivity contribution in [2.24, 2.45) is 0 Å². The predicted molar refractivity (Wildman–Crippen MR) is 96.0 cm³/mol. The number of hydrogen-bond donors (Lipinski definition) is 1. The number of benzene rings is 1. The third-order valence-electron chi connectivity index (χ3n) is 3.35. The van der Waals surface area contributed by atoms with Crippen molar-refractivity contribution in [3.8, 4) is 5.75 Å². The molecule has 23 heavy (non-hydrogen) atoms. The minimum Gasteiger partial charge on any atom is -0.494 e. The van der Waals surface area contributed by atoms with Crippen molar-refractivity contribution in [1.82, 2.24) is 4.98 Å². The van der Waals surface area contributed by atoms with Crippen molar-refractivity contribution in [1.29, 1.82) is 0 Å². The van der Waals surface area contributed by atoms with Gasteiger partial charge in [0.25, 0.3) is 5.91 Å². The number of carbonyl (C=O) groups is 1. The molecule has 0 aliphatic rings. The molecule has 1 N–H and O–H groups in total. The summed E-state index contributed by atoms with van der Waals surface area (Å²) in [4.78, 5) is 16.3. The van der Waals surface area contributed by atoms with Crippen LogP contribution in [0.4, 0.5) is 5.82 Å². The zero-order valence-corrected chi connectivity index (χ0v) is 14.8. The first-order valence-corrected chi connectivity index (χ1v) is 8.64. The molecular weight excluding hydrogens is 356 g/mol. The Hall–Kier alpha value is -1.88. The first-order chi connectivity index (χ1) is 11.2. The number of hydrogen-bond acceptors (Lipinski definition) is 3. The number of nitrogens with zero attached hydrogens (tertiary/aromatic N) is 1. The third-order valence-corrected chi connectivity index (χ3v) is 3.82. The Morgan fingerprint density at radius 3 is 2.57 bits per heavy atom. The maximum atomic E-state index is 12.1. The van der Waals surface area contributed by atoms with E-state index in [9.17, 15) is 4.79 Å². The topological polar surface area (TPSA) is 51.2 Å². The smallest absolute Gasteiger partial charge is 0.256 e. The molecule has 1 aromatic carbocycles. The maximum absolute atomic E-state index is 12.1. The second-order valence-electron chi connectivity index (χ2n) is 5.25. The number of nitrogens with one attached hydrogen (secondary N) is 1. The molecule has 1 heterocycles. The van der Waals surface area contributed by atoms with Gasteiger partial charge in [-0.1, -0.05) is 26.2 Å². The Kier molecular flexibility index (Phi) is 7.07. The Bertz CT molecular complexity index is 612. The number of halogens is 1. The molecular formula is C18H21BrN2O2. The Morgan fingerprint density at radius 1 is 1.13 bits per heavy atom. The van der Waals surface area contributed by atoms with Gasteiger partial charge in [0.15, 0.2) is 0 Å². The molecule has 0 saturated carbocycles. The molecule has 2 aromatic rings. The van der Waals surface area contributed by atoms with Crippen LogP contribution in [0.15, 0.2) is 47.1 Å². The molecule has 1 amide bonds. The van der Waals surface area contributed by atoms with E-state index < -0.39 is 0 Å². The molecule has 0 spiro atoms. The molecule has 5 heteroatoms. The maximum Gasteiger partial charge on any atom is 0.256 e. The van der Waals surface area contributed by atoms with E-state index in [0.29, 0.717) is 18.0 Å². The van der Waals surface area contributed by atoms with Crippen molar-refractivity contribution >= 4 is 27.7 Å². The monoisotopic (exact) mass is 376 g/mol. The molecule has 0 fully saturated rings. The second kappa shape index (κ2) is 9.30. The lowest BCUT2D eigenvalue weighted by Crippen LogP contribution is -2.12. The summed E-state index contributed by atoms with van der Waals surface area (Å²) < 4.78 is 6.54. The molecule has 0 unspecified atom stereocenters. The number of pyridine rings is 1. The van der Waals surface area contributed by atoms with Gasteiger partial charge in [-0.2, -0.15) is 0 Å². The van der Waals surface area contributed by atoms with Crippen LogP contribution in [0.5, 0.6) is 5.75 Å². The Labute approximate surface area is 145 Å². The zero-order valence-electron chi connectivity index (χ0n) is 13.2. The van der Waals surface area contributed by atoms with Gasteiger partial charge in [-0.3, -0.25) is 4.79 Å². The van der Waals surface area contributed by atoms with Crippen LogP contribution in [-0.4, -0.2) is 17.5 Å². The Balaban J connectivity index is 1.83. The number of unbranched alkanes of at least 4 members (excludes halogenated alkanes) is 3. The minimum absolute atomic E-state index is 0.186. The molecule has 0 aliphatic carbocycles. The van der Waals surface area contributed by atoms with Crippen molar-refractivity contribution in [3.63, 3.8) is 0 Å². The van der Waals surface area contributed by atoms with E-state index >= 15 is 0 Å². The van der Waals surface area contributed by atoms with Crippen LogP contribution in [0, 0.1) is 0 Å². The SMILES string of the molecule is CCCCCCOc1ccc(C(=O)Nc2ccc(Br)cn2)cc1. The minimum atomic E-state index is -0.186. The highest BCUT2D eigenvalue weighted by Gasteiger charge is 2.07. The van der Waals surface area contributed by atoms with E-state index in [1.54, 1.807) is 24.4 Å². The summed E-state index contributed by atoms with van der Waals surface area (Å²) in [6, 6.07) is 10.7. The van der Waals surface area contributed by atoms with Crippen LogP contribution in [0.25, 0.3) is 0 Å². The van der Waals surface area contributed by atoms with E-state index in [4.69, 9.17) is 4.74 Å². The second-order valence-corrected chi connectivity index (χ2v) is 6.16. The zero-order chi connectivity index (χ0) is 16.5. The van der Waals surface area contributed by atoms with E-state index in [1.807, 2.05) is 18.2 Å². The van der Waals surface area contributed by atoms with Gasteiger partial charge in [-0.15, -0.1) is 0 Å². The highest BCUT2D eigenvalue weighted by atomic mass is 79.9. The Morgan fingerprint density at radius 2 is 1.91 bits per heavy atom. The lowest BCUT2D eigenvalue weighted by Gasteiger charge is -2.07. The molecule has 4 nitrogen and oxygen atoms in total. The van der Waals surface area contributed by atoms with E-state index in [1.165, 1.54) is 19.3 Å². The number of carbonyl (C=O) groups excluding carboxylic acids is 1. The number of rotatable bonds is 8. The molecule has 0 radical (unpaired) electrons. The average molecular weight is 377 g/mol. The summed E-state index contributed by atoms with van der Waals surface area (Å²) in [6.07, 6.45) is 6.36. The highest BCUT2D eigenvalue weighted by molar-refractivity contribution is 9.10. The fraction of sp³-hybridized carbons (Fsp3) is 0.333. The average Bonchev–Trinajstić information content (AvgIpc) is 2.57. The summed E-state index contributed by atoms with van der Waals surface area (Å²) in [7, 11) is 0. The fourth-order valence-electron chi connectivity index (χ4n) is 2.06. The van der Waals surface area contributed by atoms with Crippen molar-refractivity contribution in [2.75, 3.05) is 11.9 Å². The van der Waals surface area contributed by atoms with Gasteiger partial charge in [-0.25, -0.2) is 4.98 Å². The van der Waals surface area contributed by atoms with Crippen molar-refractivity contribution in [3.05, 3.63) is 52.6 Å². The highest BCUT2D eigenvalue weighted by Crippen LogP contribution is 2.15. The number of aromatic nitrogens is 1. The summed E-state index contributed by atoms with van der Waals surface area (Å²) in [5, 5.41) is 2.76. The van der Waals surface area contributed by atoms with Gasteiger partial charge < -0.3 is 10.1 Å². The lowest BCUT2D eigenvalue weighted by atomic mass is 10.2. The van der Waals surface area contributed by atoms with Crippen LogP contribution in [0.2, 0.25) is 0 Å². The van der Waals surface area contributed by atoms with Gasteiger partial charge in [0.1, 0.15) is 11.6 Å². The number of ether oxygens (including phenoxy) is 1. The van der Waals surface area contributed by atoms with E-state index in [-0.39, 0.29) is 5.91 Å². The third kappa shape index (κ3) is 6.02. The van der Waals surface area contributed by atoms with Gasteiger partial charge in [0.2, 0.25) is 0 Å². The van der Waals surface area contributed by atoms with Crippen molar-refractivity contribution in [2.45, 2.75) is 32.6 Å². The summed E-state index contributed by atoms with van der Waals surface area (Å²) in [5.74, 6) is 1.13.